The minimum atomic E-state index is -0.258. The number of hydrogen-bond donors (Lipinski definition) is 1. The van der Waals surface area contributed by atoms with Crippen molar-refractivity contribution in [2.45, 2.75) is 19.5 Å². The summed E-state index contributed by atoms with van der Waals surface area (Å²) < 4.78 is 1.21. The predicted molar refractivity (Wildman–Crippen MR) is 105 cm³/mol. The van der Waals surface area contributed by atoms with E-state index in [0.29, 0.717) is 23.0 Å². The lowest BCUT2D eigenvalue weighted by Crippen LogP contribution is -2.30. The molecule has 1 aromatic heterocycles. The summed E-state index contributed by atoms with van der Waals surface area (Å²) in [7, 11) is 3.28. The zero-order valence-corrected chi connectivity index (χ0v) is 15.8. The number of aryl methyl sites for hydroxylation is 1. The molecule has 0 aliphatic rings. The Morgan fingerprint density at radius 3 is 2.54 bits per heavy atom. The van der Waals surface area contributed by atoms with Crippen LogP contribution in [0.4, 0.5) is 0 Å². The summed E-state index contributed by atoms with van der Waals surface area (Å²) in [6.07, 6.45) is 0.139. The Hall–Kier alpha value is -3.55. The van der Waals surface area contributed by atoms with Gasteiger partial charge in [-0.3, -0.25) is 14.4 Å². The van der Waals surface area contributed by atoms with Gasteiger partial charge in [0.15, 0.2) is 0 Å². The molecule has 0 radical (unpaired) electrons. The molecule has 0 aliphatic heterocycles. The first-order valence-electron chi connectivity index (χ1n) is 8.87. The van der Waals surface area contributed by atoms with E-state index in [9.17, 15) is 14.4 Å². The fourth-order valence-corrected chi connectivity index (χ4v) is 2.83. The molecule has 2 amide bonds. The van der Waals surface area contributed by atoms with E-state index in [4.69, 9.17) is 0 Å². The number of rotatable bonds is 6. The van der Waals surface area contributed by atoms with Gasteiger partial charge in [0.25, 0.3) is 11.5 Å². The van der Waals surface area contributed by atoms with Crippen molar-refractivity contribution in [2.75, 3.05) is 14.1 Å². The van der Waals surface area contributed by atoms with Crippen LogP contribution in [0.25, 0.3) is 10.9 Å². The molecule has 1 N–H and O–H groups in total. The quantitative estimate of drug-likeness (QED) is 0.694. The van der Waals surface area contributed by atoms with Crippen LogP contribution in [0.1, 0.15) is 22.3 Å². The third kappa shape index (κ3) is 4.22. The summed E-state index contributed by atoms with van der Waals surface area (Å²) in [5.74, 6) is -0.268. The smallest absolute Gasteiger partial charge is 0.277 e. The highest BCUT2D eigenvalue weighted by Gasteiger charge is 2.12. The van der Waals surface area contributed by atoms with Gasteiger partial charge in [0.05, 0.1) is 11.9 Å². The van der Waals surface area contributed by atoms with Gasteiger partial charge in [0.1, 0.15) is 5.52 Å². The Kier molecular flexibility index (Phi) is 5.78. The highest BCUT2D eigenvalue weighted by atomic mass is 16.2. The molecule has 0 fully saturated rings. The van der Waals surface area contributed by atoms with Crippen molar-refractivity contribution < 1.29 is 9.59 Å². The highest BCUT2D eigenvalue weighted by molar-refractivity contribution is 5.93. The number of carbonyl (C=O) groups is 2. The van der Waals surface area contributed by atoms with Gasteiger partial charge in [0.2, 0.25) is 5.91 Å². The molecular weight excluding hydrogens is 358 g/mol. The number of hydrogen-bond acceptors (Lipinski definition) is 5. The van der Waals surface area contributed by atoms with Crippen LogP contribution in [0.15, 0.2) is 53.3 Å². The van der Waals surface area contributed by atoms with E-state index in [-0.39, 0.29) is 30.3 Å². The van der Waals surface area contributed by atoms with Gasteiger partial charge < -0.3 is 10.2 Å². The maximum atomic E-state index is 12.4. The summed E-state index contributed by atoms with van der Waals surface area (Å²) in [5.41, 5.74) is 1.75. The molecule has 28 heavy (non-hydrogen) atoms. The molecule has 144 valence electrons. The zero-order chi connectivity index (χ0) is 20.1. The first kappa shape index (κ1) is 19.2. The topological polar surface area (TPSA) is 97.2 Å². The van der Waals surface area contributed by atoms with Gasteiger partial charge in [-0.2, -0.15) is 0 Å². The fourth-order valence-electron chi connectivity index (χ4n) is 2.83. The van der Waals surface area contributed by atoms with Crippen LogP contribution in [-0.4, -0.2) is 45.8 Å². The number of carbonyl (C=O) groups excluding carboxylic acids is 2. The minimum Gasteiger partial charge on any atom is -0.355 e. The zero-order valence-electron chi connectivity index (χ0n) is 15.8. The number of nitrogens with zero attached hydrogens (tertiary/aromatic N) is 4. The summed E-state index contributed by atoms with van der Waals surface area (Å²) in [4.78, 5) is 38.0. The Balaban J connectivity index is 1.61. The van der Waals surface area contributed by atoms with Gasteiger partial charge in [-0.05, 0) is 29.8 Å². The van der Waals surface area contributed by atoms with Gasteiger partial charge >= 0.3 is 0 Å². The number of nitrogens with one attached hydrogen (secondary N) is 1. The average Bonchev–Trinajstić information content (AvgIpc) is 2.73. The van der Waals surface area contributed by atoms with Gasteiger partial charge in [0, 0.05) is 32.6 Å². The van der Waals surface area contributed by atoms with E-state index in [1.165, 1.54) is 4.68 Å². The largest absolute Gasteiger partial charge is 0.355 e. The summed E-state index contributed by atoms with van der Waals surface area (Å²) in [6, 6.07) is 14.0. The third-order valence-electron chi connectivity index (χ3n) is 4.46. The molecular formula is C20H21N5O3. The second kappa shape index (κ2) is 8.43. The number of aromatic nitrogens is 3. The van der Waals surface area contributed by atoms with E-state index in [1.54, 1.807) is 55.4 Å². The molecule has 0 atom stereocenters. The van der Waals surface area contributed by atoms with E-state index >= 15 is 0 Å². The lowest BCUT2D eigenvalue weighted by atomic mass is 10.1. The predicted octanol–water partition coefficient (Wildman–Crippen LogP) is 1.20. The Morgan fingerprint density at radius 2 is 1.82 bits per heavy atom. The second-order valence-electron chi connectivity index (χ2n) is 6.41. The Morgan fingerprint density at radius 1 is 1.11 bits per heavy atom. The van der Waals surface area contributed by atoms with Crippen LogP contribution in [0.5, 0.6) is 0 Å². The van der Waals surface area contributed by atoms with Gasteiger partial charge in [-0.1, -0.05) is 29.5 Å². The first-order chi connectivity index (χ1) is 13.5. The molecule has 0 spiro atoms. The fraction of sp³-hybridized carbons (Fsp3) is 0.250. The molecule has 1 heterocycles. The Labute approximate surface area is 161 Å². The monoisotopic (exact) mass is 379 g/mol. The van der Waals surface area contributed by atoms with Gasteiger partial charge in [-0.15, -0.1) is 5.10 Å². The number of amides is 2. The maximum Gasteiger partial charge on any atom is 0.277 e. The second-order valence-corrected chi connectivity index (χ2v) is 6.41. The summed E-state index contributed by atoms with van der Waals surface area (Å²) in [5, 5.41) is 11.0. The molecule has 3 rings (SSSR count). The van der Waals surface area contributed by atoms with Crippen molar-refractivity contribution in [3.05, 3.63) is 70.0 Å². The van der Waals surface area contributed by atoms with Crippen LogP contribution < -0.4 is 10.9 Å². The molecule has 8 heteroatoms. The standard InChI is InChI=1S/C20H21N5O3/c1-21-19(27)15-9-7-14(8-10-15)13-24(2)18(26)11-12-25-20(28)16-5-3-4-6-17(16)22-23-25/h3-10H,11-13H2,1-2H3,(H,21,27). The Bertz CT molecular complexity index is 1060. The highest BCUT2D eigenvalue weighted by Crippen LogP contribution is 2.08. The first-order valence-corrected chi connectivity index (χ1v) is 8.87. The van der Waals surface area contributed by atoms with Crippen molar-refractivity contribution >= 4 is 22.7 Å². The molecule has 0 bridgehead atoms. The van der Waals surface area contributed by atoms with Crippen LogP contribution in [-0.2, 0) is 17.9 Å². The molecule has 2 aromatic carbocycles. The van der Waals surface area contributed by atoms with Gasteiger partial charge in [-0.25, -0.2) is 4.68 Å². The van der Waals surface area contributed by atoms with E-state index in [1.807, 2.05) is 12.1 Å². The average molecular weight is 379 g/mol. The van der Waals surface area contributed by atoms with Crippen molar-refractivity contribution in [1.29, 1.82) is 0 Å². The summed E-state index contributed by atoms with van der Waals surface area (Å²) >= 11 is 0. The van der Waals surface area contributed by atoms with E-state index < -0.39 is 0 Å². The number of fused-ring (bicyclic) bond motifs is 1. The van der Waals surface area contributed by atoms with Crippen molar-refractivity contribution in [1.82, 2.24) is 25.2 Å². The SMILES string of the molecule is CNC(=O)c1ccc(CN(C)C(=O)CCn2nnc3ccccc3c2=O)cc1. The molecule has 8 nitrogen and oxygen atoms in total. The minimum absolute atomic E-state index is 0.114. The van der Waals surface area contributed by atoms with Crippen molar-refractivity contribution in [3.63, 3.8) is 0 Å². The van der Waals surface area contributed by atoms with Crippen molar-refractivity contribution in [2.24, 2.45) is 0 Å². The number of benzene rings is 2. The van der Waals surface area contributed by atoms with Crippen LogP contribution >= 0.6 is 0 Å². The van der Waals surface area contributed by atoms with Crippen LogP contribution in [0.2, 0.25) is 0 Å². The van der Waals surface area contributed by atoms with Crippen molar-refractivity contribution in [3.8, 4) is 0 Å². The maximum absolute atomic E-state index is 12.4. The molecule has 0 unspecified atom stereocenters. The lowest BCUT2D eigenvalue weighted by Gasteiger charge is -2.17. The molecule has 0 saturated heterocycles. The third-order valence-corrected chi connectivity index (χ3v) is 4.46. The lowest BCUT2D eigenvalue weighted by molar-refractivity contribution is -0.130. The van der Waals surface area contributed by atoms with E-state index in [0.717, 1.165) is 5.56 Å². The summed E-state index contributed by atoms with van der Waals surface area (Å²) in [6.45, 7) is 0.570. The van der Waals surface area contributed by atoms with E-state index in [2.05, 4.69) is 15.6 Å². The van der Waals surface area contributed by atoms with Crippen LogP contribution in [0, 0.1) is 0 Å². The van der Waals surface area contributed by atoms with Crippen LogP contribution in [0.3, 0.4) is 0 Å². The molecule has 3 aromatic rings. The molecule has 0 aliphatic carbocycles. The normalized spacial score (nSPS) is 10.6. The molecule has 0 saturated carbocycles.